The maximum Gasteiger partial charge on any atom is 0.408 e. The van der Waals surface area contributed by atoms with Gasteiger partial charge in [0, 0.05) is 18.3 Å². The Bertz CT molecular complexity index is 748. The number of amides is 2. The van der Waals surface area contributed by atoms with Gasteiger partial charge in [-0.05, 0) is 12.5 Å². The number of benzene rings is 1. The zero-order valence-electron chi connectivity index (χ0n) is 15.1. The summed E-state index contributed by atoms with van der Waals surface area (Å²) in [7, 11) is 1.23. The van der Waals surface area contributed by atoms with E-state index in [0.717, 1.165) is 5.56 Å². The van der Waals surface area contributed by atoms with Gasteiger partial charge in [-0.25, -0.2) is 14.6 Å². The summed E-state index contributed by atoms with van der Waals surface area (Å²) in [5, 5.41) is 4.98. The van der Waals surface area contributed by atoms with E-state index in [1.807, 2.05) is 30.3 Å². The number of carbonyl (C=O) groups is 3. The molecule has 0 aliphatic heterocycles. The molecule has 2 aromatic rings. The topological polar surface area (TPSA) is 122 Å². The molecule has 2 atom stereocenters. The van der Waals surface area contributed by atoms with Crippen molar-refractivity contribution in [1.82, 2.24) is 20.6 Å². The Morgan fingerprint density at radius 3 is 2.56 bits per heavy atom. The number of ether oxygens (including phenoxy) is 2. The van der Waals surface area contributed by atoms with Crippen molar-refractivity contribution in [3.05, 3.63) is 54.1 Å². The fourth-order valence-electron chi connectivity index (χ4n) is 2.26. The monoisotopic (exact) mass is 374 g/mol. The number of hydrogen-bond donors (Lipinski definition) is 3. The molecule has 3 N–H and O–H groups in total. The first kappa shape index (κ1) is 20.0. The van der Waals surface area contributed by atoms with Crippen molar-refractivity contribution < 1.29 is 23.9 Å². The summed E-state index contributed by atoms with van der Waals surface area (Å²) < 4.78 is 9.78. The van der Waals surface area contributed by atoms with Crippen LogP contribution >= 0.6 is 0 Å². The number of imidazole rings is 1. The van der Waals surface area contributed by atoms with E-state index < -0.39 is 30.1 Å². The van der Waals surface area contributed by atoms with Crippen LogP contribution in [0.2, 0.25) is 0 Å². The number of nitrogens with zero attached hydrogens (tertiary/aromatic N) is 1. The predicted octanol–water partition coefficient (Wildman–Crippen LogP) is 0.925. The van der Waals surface area contributed by atoms with Crippen molar-refractivity contribution in [2.24, 2.45) is 0 Å². The van der Waals surface area contributed by atoms with Crippen molar-refractivity contribution in [2.75, 3.05) is 7.11 Å². The van der Waals surface area contributed by atoms with Crippen LogP contribution in [0.25, 0.3) is 0 Å². The maximum atomic E-state index is 12.3. The van der Waals surface area contributed by atoms with Gasteiger partial charge in [0.25, 0.3) is 0 Å². The number of H-pyrrole nitrogens is 1. The van der Waals surface area contributed by atoms with Gasteiger partial charge in [0.05, 0.1) is 13.4 Å². The Morgan fingerprint density at radius 1 is 1.19 bits per heavy atom. The van der Waals surface area contributed by atoms with Crippen LogP contribution in [0.5, 0.6) is 0 Å². The number of methoxy groups -OCH3 is 1. The van der Waals surface area contributed by atoms with Crippen LogP contribution in [0.15, 0.2) is 42.9 Å². The second kappa shape index (κ2) is 9.95. The lowest BCUT2D eigenvalue weighted by molar-refractivity contribution is -0.145. The van der Waals surface area contributed by atoms with Crippen LogP contribution in [0.4, 0.5) is 4.79 Å². The van der Waals surface area contributed by atoms with Gasteiger partial charge in [0.2, 0.25) is 5.91 Å². The molecule has 1 aromatic carbocycles. The molecule has 27 heavy (non-hydrogen) atoms. The summed E-state index contributed by atoms with van der Waals surface area (Å²) in [6.45, 7) is 1.58. The highest BCUT2D eigenvalue weighted by molar-refractivity contribution is 5.89. The minimum absolute atomic E-state index is 0.0889. The van der Waals surface area contributed by atoms with E-state index in [2.05, 4.69) is 20.6 Å². The zero-order valence-corrected chi connectivity index (χ0v) is 15.1. The fraction of sp³-hybridized carbons (Fsp3) is 0.333. The zero-order chi connectivity index (χ0) is 19.6. The maximum absolute atomic E-state index is 12.3. The SMILES string of the molecule is COC(=O)[C@@H](Cc1cnc[nH]1)NC(=O)[C@@H](C)NC(=O)OCc1ccccc1. The third-order valence-corrected chi connectivity index (χ3v) is 3.72. The lowest BCUT2D eigenvalue weighted by atomic mass is 10.1. The van der Waals surface area contributed by atoms with Gasteiger partial charge in [-0.15, -0.1) is 0 Å². The van der Waals surface area contributed by atoms with Gasteiger partial charge >= 0.3 is 12.1 Å². The van der Waals surface area contributed by atoms with Crippen LogP contribution in [0.1, 0.15) is 18.2 Å². The van der Waals surface area contributed by atoms with E-state index in [1.165, 1.54) is 20.4 Å². The van der Waals surface area contributed by atoms with Crippen LogP contribution in [-0.4, -0.2) is 47.1 Å². The summed E-state index contributed by atoms with van der Waals surface area (Å²) in [6.07, 6.45) is 2.47. The van der Waals surface area contributed by atoms with Crippen molar-refractivity contribution in [3.63, 3.8) is 0 Å². The molecule has 2 rings (SSSR count). The molecule has 0 spiro atoms. The first-order chi connectivity index (χ1) is 13.0. The number of aromatic nitrogens is 2. The highest BCUT2D eigenvalue weighted by atomic mass is 16.5. The van der Waals surface area contributed by atoms with E-state index >= 15 is 0 Å². The van der Waals surface area contributed by atoms with Gasteiger partial charge in [0.15, 0.2) is 0 Å². The summed E-state index contributed by atoms with van der Waals surface area (Å²) in [4.78, 5) is 42.8. The molecule has 144 valence electrons. The highest BCUT2D eigenvalue weighted by Gasteiger charge is 2.26. The molecule has 0 bridgehead atoms. The molecule has 1 heterocycles. The fourth-order valence-corrected chi connectivity index (χ4v) is 2.26. The number of aromatic amines is 1. The Kier molecular flexibility index (Phi) is 7.36. The van der Waals surface area contributed by atoms with Crippen molar-refractivity contribution in [3.8, 4) is 0 Å². The van der Waals surface area contributed by atoms with Crippen molar-refractivity contribution >= 4 is 18.0 Å². The van der Waals surface area contributed by atoms with Gasteiger partial charge in [0.1, 0.15) is 18.7 Å². The van der Waals surface area contributed by atoms with Crippen LogP contribution < -0.4 is 10.6 Å². The van der Waals surface area contributed by atoms with Gasteiger partial charge in [-0.1, -0.05) is 30.3 Å². The molecule has 0 aliphatic rings. The van der Waals surface area contributed by atoms with Crippen LogP contribution in [-0.2, 0) is 32.1 Å². The van der Waals surface area contributed by atoms with E-state index in [1.54, 1.807) is 6.20 Å². The molecule has 0 saturated heterocycles. The van der Waals surface area contributed by atoms with Crippen molar-refractivity contribution in [1.29, 1.82) is 0 Å². The second-order valence-corrected chi connectivity index (χ2v) is 5.79. The quantitative estimate of drug-likeness (QED) is 0.591. The van der Waals surface area contributed by atoms with Crippen LogP contribution in [0, 0.1) is 0 Å². The normalized spacial score (nSPS) is 12.5. The smallest absolute Gasteiger partial charge is 0.408 e. The number of alkyl carbamates (subject to hydrolysis) is 1. The average Bonchev–Trinajstić information content (AvgIpc) is 3.19. The number of hydrogen-bond acceptors (Lipinski definition) is 6. The van der Waals surface area contributed by atoms with Gasteiger partial charge < -0.3 is 25.1 Å². The standard InChI is InChI=1S/C18H22N4O5/c1-12(21-18(25)27-10-13-6-4-3-5-7-13)16(23)22-15(17(24)26-2)8-14-9-19-11-20-14/h3-7,9,11-12,15H,8,10H2,1-2H3,(H,19,20)(H,21,25)(H,22,23)/t12-,15-/m1/s1. The number of rotatable bonds is 8. The van der Waals surface area contributed by atoms with Crippen molar-refractivity contribution in [2.45, 2.75) is 32.0 Å². The number of carbonyl (C=O) groups excluding carboxylic acids is 3. The molecule has 2 amide bonds. The van der Waals surface area contributed by atoms with E-state index in [4.69, 9.17) is 9.47 Å². The Hall–Kier alpha value is -3.36. The Balaban J connectivity index is 1.84. The molecular formula is C18H22N4O5. The lowest BCUT2D eigenvalue weighted by Crippen LogP contribution is -2.51. The minimum Gasteiger partial charge on any atom is -0.467 e. The highest BCUT2D eigenvalue weighted by Crippen LogP contribution is 2.03. The largest absolute Gasteiger partial charge is 0.467 e. The second-order valence-electron chi connectivity index (χ2n) is 5.79. The van der Waals surface area contributed by atoms with Crippen LogP contribution in [0.3, 0.4) is 0 Å². The number of esters is 1. The molecule has 9 heteroatoms. The molecule has 9 nitrogen and oxygen atoms in total. The molecule has 0 radical (unpaired) electrons. The molecule has 0 unspecified atom stereocenters. The molecule has 1 aromatic heterocycles. The average molecular weight is 374 g/mol. The third-order valence-electron chi connectivity index (χ3n) is 3.72. The summed E-state index contributed by atoms with van der Waals surface area (Å²) in [6, 6.07) is 7.35. The molecule has 0 fully saturated rings. The lowest BCUT2D eigenvalue weighted by Gasteiger charge is -2.19. The van der Waals surface area contributed by atoms with Gasteiger partial charge in [-0.3, -0.25) is 4.79 Å². The molecule has 0 saturated carbocycles. The Morgan fingerprint density at radius 2 is 1.93 bits per heavy atom. The summed E-state index contributed by atoms with van der Waals surface area (Å²) in [5.74, 6) is -1.14. The first-order valence-corrected chi connectivity index (χ1v) is 8.32. The van der Waals surface area contributed by atoms with E-state index in [9.17, 15) is 14.4 Å². The number of nitrogens with one attached hydrogen (secondary N) is 3. The van der Waals surface area contributed by atoms with E-state index in [-0.39, 0.29) is 13.0 Å². The molecule has 0 aliphatic carbocycles. The summed E-state index contributed by atoms with van der Waals surface area (Å²) in [5.41, 5.74) is 1.49. The van der Waals surface area contributed by atoms with E-state index in [0.29, 0.717) is 5.69 Å². The minimum atomic E-state index is -0.910. The Labute approximate surface area is 156 Å². The predicted molar refractivity (Wildman–Crippen MR) is 95.5 cm³/mol. The van der Waals surface area contributed by atoms with Gasteiger partial charge in [-0.2, -0.15) is 0 Å². The third kappa shape index (κ3) is 6.46. The molecular weight excluding hydrogens is 352 g/mol. The first-order valence-electron chi connectivity index (χ1n) is 8.32. The summed E-state index contributed by atoms with van der Waals surface area (Å²) >= 11 is 0.